The molecular formula is C21H42. The van der Waals surface area contributed by atoms with Gasteiger partial charge in [0.1, 0.15) is 0 Å². The number of rotatable bonds is 12. The van der Waals surface area contributed by atoms with E-state index in [-0.39, 0.29) is 0 Å². The topological polar surface area (TPSA) is 0 Å². The zero-order valence-electron chi connectivity index (χ0n) is 16.1. The first-order valence-electron chi connectivity index (χ1n) is 9.51. The maximum absolute atomic E-state index is 2.46. The lowest BCUT2D eigenvalue weighted by Crippen LogP contribution is -2.11. The van der Waals surface area contributed by atoms with E-state index in [9.17, 15) is 0 Å². The van der Waals surface area contributed by atoms with E-state index >= 15 is 0 Å². The van der Waals surface area contributed by atoms with Crippen molar-refractivity contribution in [1.82, 2.24) is 0 Å². The fourth-order valence-electron chi connectivity index (χ4n) is 3.03. The van der Waals surface area contributed by atoms with Crippen LogP contribution in [-0.2, 0) is 0 Å². The van der Waals surface area contributed by atoms with Crippen LogP contribution in [0.15, 0.2) is 11.1 Å². The van der Waals surface area contributed by atoms with Crippen molar-refractivity contribution in [3.63, 3.8) is 0 Å². The van der Waals surface area contributed by atoms with Crippen LogP contribution < -0.4 is 0 Å². The molecule has 126 valence electrons. The Bertz CT molecular complexity index is 268. The Hall–Kier alpha value is -0.260. The lowest BCUT2D eigenvalue weighted by molar-refractivity contribution is 0.300. The Morgan fingerprint density at radius 3 is 1.95 bits per heavy atom. The van der Waals surface area contributed by atoms with Gasteiger partial charge >= 0.3 is 0 Å². The lowest BCUT2D eigenvalue weighted by Gasteiger charge is -2.23. The van der Waals surface area contributed by atoms with Gasteiger partial charge in [-0.15, -0.1) is 0 Å². The van der Waals surface area contributed by atoms with Crippen molar-refractivity contribution in [3.05, 3.63) is 11.1 Å². The van der Waals surface area contributed by atoms with Crippen LogP contribution in [0.3, 0.4) is 0 Å². The molecule has 0 rings (SSSR count). The molecule has 0 spiro atoms. The molecule has 0 bridgehead atoms. The van der Waals surface area contributed by atoms with E-state index in [1.165, 1.54) is 63.4 Å². The molecule has 0 aliphatic rings. The minimum Gasteiger partial charge on any atom is -0.0775 e. The van der Waals surface area contributed by atoms with E-state index in [0.717, 1.165) is 17.8 Å². The Morgan fingerprint density at radius 2 is 1.43 bits per heavy atom. The summed E-state index contributed by atoms with van der Waals surface area (Å²) in [6.45, 7) is 16.4. The Kier molecular flexibility index (Phi) is 12.1. The van der Waals surface area contributed by atoms with Crippen molar-refractivity contribution in [3.8, 4) is 0 Å². The normalized spacial score (nSPS) is 14.3. The van der Waals surface area contributed by atoms with Crippen molar-refractivity contribution in [2.75, 3.05) is 0 Å². The van der Waals surface area contributed by atoms with Gasteiger partial charge < -0.3 is 0 Å². The lowest BCUT2D eigenvalue weighted by atomic mass is 9.83. The van der Waals surface area contributed by atoms with Gasteiger partial charge in [-0.05, 0) is 57.8 Å². The van der Waals surface area contributed by atoms with Crippen LogP contribution in [0.4, 0.5) is 0 Å². The minimum absolute atomic E-state index is 0.835. The highest BCUT2D eigenvalue weighted by Gasteiger charge is 2.15. The Labute approximate surface area is 135 Å². The predicted molar refractivity (Wildman–Crippen MR) is 98.8 cm³/mol. The second-order valence-electron chi connectivity index (χ2n) is 7.85. The van der Waals surface area contributed by atoms with Gasteiger partial charge in [0, 0.05) is 0 Å². The number of hydrogen-bond acceptors (Lipinski definition) is 0. The van der Waals surface area contributed by atoms with E-state index in [0.29, 0.717) is 0 Å². The van der Waals surface area contributed by atoms with Gasteiger partial charge in [0.05, 0.1) is 0 Å². The predicted octanol–water partition coefficient (Wildman–Crippen LogP) is 7.78. The zero-order chi connectivity index (χ0) is 16.3. The monoisotopic (exact) mass is 294 g/mol. The van der Waals surface area contributed by atoms with Crippen molar-refractivity contribution in [2.24, 2.45) is 17.8 Å². The summed E-state index contributed by atoms with van der Waals surface area (Å²) in [5, 5.41) is 0. The van der Waals surface area contributed by atoms with Crippen LogP contribution in [0.2, 0.25) is 0 Å². The fourth-order valence-corrected chi connectivity index (χ4v) is 3.03. The van der Waals surface area contributed by atoms with Crippen LogP contribution in [0.5, 0.6) is 0 Å². The highest BCUT2D eigenvalue weighted by atomic mass is 14.2. The average Bonchev–Trinajstić information content (AvgIpc) is 2.42. The number of unbranched alkanes of at least 4 members (excludes halogenated alkanes) is 3. The van der Waals surface area contributed by atoms with Gasteiger partial charge in [0.15, 0.2) is 0 Å². The molecule has 0 aliphatic heterocycles. The molecule has 0 aromatic rings. The molecule has 0 aromatic heterocycles. The molecule has 0 fully saturated rings. The van der Waals surface area contributed by atoms with Gasteiger partial charge in [-0.25, -0.2) is 0 Å². The van der Waals surface area contributed by atoms with Crippen molar-refractivity contribution >= 4 is 0 Å². The second kappa shape index (κ2) is 12.3. The zero-order valence-corrected chi connectivity index (χ0v) is 16.1. The van der Waals surface area contributed by atoms with E-state index in [1.54, 1.807) is 5.57 Å². The van der Waals surface area contributed by atoms with Crippen LogP contribution >= 0.6 is 0 Å². The second-order valence-corrected chi connectivity index (χ2v) is 7.85. The third-order valence-corrected chi connectivity index (χ3v) is 5.27. The van der Waals surface area contributed by atoms with E-state index in [1.807, 2.05) is 0 Å². The summed E-state index contributed by atoms with van der Waals surface area (Å²) in [5.74, 6) is 2.67. The number of allylic oxidation sites excluding steroid dienone is 2. The fraction of sp³-hybridized carbons (Fsp3) is 0.905. The summed E-state index contributed by atoms with van der Waals surface area (Å²) >= 11 is 0. The van der Waals surface area contributed by atoms with Crippen molar-refractivity contribution < 1.29 is 0 Å². The molecule has 0 saturated heterocycles. The highest BCUT2D eigenvalue weighted by molar-refractivity contribution is 5.06. The van der Waals surface area contributed by atoms with Crippen LogP contribution in [0.1, 0.15) is 106 Å². The SMILES string of the molecule is CCCCCCC(C)CCC(CCC(C)=C(C)C)C(C)C. The summed E-state index contributed by atoms with van der Waals surface area (Å²) in [5.41, 5.74) is 3.12. The Balaban J connectivity index is 4.01. The van der Waals surface area contributed by atoms with Gasteiger partial charge in [0.2, 0.25) is 0 Å². The molecule has 0 nitrogen and oxygen atoms in total. The molecule has 0 amide bonds. The molecule has 21 heavy (non-hydrogen) atoms. The first kappa shape index (κ1) is 20.7. The van der Waals surface area contributed by atoms with Gasteiger partial charge in [-0.3, -0.25) is 0 Å². The summed E-state index contributed by atoms with van der Waals surface area (Å²) in [7, 11) is 0. The first-order chi connectivity index (χ1) is 9.88. The van der Waals surface area contributed by atoms with Crippen LogP contribution in [0, 0.1) is 17.8 Å². The molecule has 0 aliphatic carbocycles. The maximum atomic E-state index is 2.46. The average molecular weight is 295 g/mol. The van der Waals surface area contributed by atoms with Gasteiger partial charge in [-0.1, -0.05) is 77.4 Å². The molecule has 2 unspecified atom stereocenters. The maximum Gasteiger partial charge on any atom is -0.0318 e. The summed E-state index contributed by atoms with van der Waals surface area (Å²) in [6.07, 6.45) is 12.7. The standard InChI is InChI=1S/C21H42/c1-8-9-10-11-12-19(6)13-15-21(18(4)5)16-14-20(7)17(2)3/h18-19,21H,8-16H2,1-7H3. The van der Waals surface area contributed by atoms with E-state index in [2.05, 4.69) is 48.5 Å². The number of hydrogen-bond donors (Lipinski definition) is 0. The third kappa shape index (κ3) is 11.0. The smallest absolute Gasteiger partial charge is 0.0318 e. The first-order valence-corrected chi connectivity index (χ1v) is 9.51. The van der Waals surface area contributed by atoms with Gasteiger partial charge in [0.25, 0.3) is 0 Å². The van der Waals surface area contributed by atoms with Crippen LogP contribution in [0.25, 0.3) is 0 Å². The summed E-state index contributed by atoms with van der Waals surface area (Å²) in [6, 6.07) is 0. The van der Waals surface area contributed by atoms with Gasteiger partial charge in [-0.2, -0.15) is 0 Å². The minimum atomic E-state index is 0.835. The quantitative estimate of drug-likeness (QED) is 0.254. The van der Waals surface area contributed by atoms with Crippen molar-refractivity contribution in [1.29, 1.82) is 0 Å². The molecule has 0 radical (unpaired) electrons. The highest BCUT2D eigenvalue weighted by Crippen LogP contribution is 2.28. The summed E-state index contributed by atoms with van der Waals surface area (Å²) in [4.78, 5) is 0. The molecule has 0 saturated carbocycles. The molecular weight excluding hydrogens is 252 g/mol. The largest absolute Gasteiger partial charge is 0.0775 e. The Morgan fingerprint density at radius 1 is 0.762 bits per heavy atom. The molecule has 2 atom stereocenters. The molecule has 0 N–H and O–H groups in total. The van der Waals surface area contributed by atoms with Crippen molar-refractivity contribution in [2.45, 2.75) is 106 Å². The van der Waals surface area contributed by atoms with Crippen LogP contribution in [-0.4, -0.2) is 0 Å². The molecule has 0 aromatic carbocycles. The molecule has 0 heterocycles. The van der Waals surface area contributed by atoms with E-state index in [4.69, 9.17) is 0 Å². The van der Waals surface area contributed by atoms with E-state index < -0.39 is 0 Å². The third-order valence-electron chi connectivity index (χ3n) is 5.27. The molecule has 0 heteroatoms. The summed E-state index contributed by atoms with van der Waals surface area (Å²) < 4.78 is 0.